The Labute approximate surface area is 140 Å². The third-order valence-electron chi connectivity index (χ3n) is 3.23. The van der Waals surface area contributed by atoms with Gasteiger partial charge in [-0.05, 0) is 37.0 Å². The zero-order valence-corrected chi connectivity index (χ0v) is 13.9. The Kier molecular flexibility index (Phi) is 7.46. The Morgan fingerprint density at radius 3 is 2.54 bits per heavy atom. The Balaban J connectivity index is 2.63. The van der Waals surface area contributed by atoms with E-state index < -0.39 is 28.1 Å². The third kappa shape index (κ3) is 8.34. The molecule has 0 fully saturated rings. The molecule has 0 aliphatic carbocycles. The summed E-state index contributed by atoms with van der Waals surface area (Å²) in [6.07, 6.45) is 1.05. The molecule has 0 aromatic heterocycles. The first-order valence-corrected chi connectivity index (χ1v) is 8.91. The Hall–Kier alpha value is -2.33. The molecule has 1 aromatic carbocycles. The van der Waals surface area contributed by atoms with E-state index in [0.717, 1.165) is 0 Å². The number of aryl methyl sites for hydroxylation is 1. The number of hydrogen-bond acceptors (Lipinski definition) is 5. The maximum absolute atomic E-state index is 11.5. The summed E-state index contributed by atoms with van der Waals surface area (Å²) in [4.78, 5) is 22.1. The molecule has 0 saturated carbocycles. The predicted molar refractivity (Wildman–Crippen MR) is 90.0 cm³/mol. The highest BCUT2D eigenvalue weighted by Gasteiger charge is 2.15. The minimum Gasteiger partial charge on any atom is -0.374 e. The number of hydrogen-bond donors (Lipinski definition) is 5. The molecule has 1 aromatic rings. The third-order valence-corrected chi connectivity index (χ3v) is 3.95. The summed E-state index contributed by atoms with van der Waals surface area (Å²) in [5.41, 5.74) is 11.6. The molecule has 3 amide bonds. The lowest BCUT2D eigenvalue weighted by molar-refractivity contribution is -0.118. The molecule has 7 N–H and O–H groups in total. The van der Waals surface area contributed by atoms with Crippen LogP contribution in [0, 0.1) is 0 Å². The predicted octanol–water partition coefficient (Wildman–Crippen LogP) is -0.169. The van der Waals surface area contributed by atoms with E-state index in [1.807, 2.05) is 0 Å². The van der Waals surface area contributed by atoms with Crippen LogP contribution in [0.15, 0.2) is 24.3 Å². The topological polar surface area (TPSA) is 165 Å². The van der Waals surface area contributed by atoms with Gasteiger partial charge in [-0.1, -0.05) is 12.1 Å². The Morgan fingerprint density at radius 2 is 1.96 bits per heavy atom. The fourth-order valence-corrected chi connectivity index (χ4v) is 2.56. The average Bonchev–Trinajstić information content (AvgIpc) is 2.47. The SMILES string of the molecule is NC(=O)NCCC[C@H](Nc1cccc(CCS(=O)(=O)O)c1)C(N)=O. The van der Waals surface area contributed by atoms with Gasteiger partial charge in [-0.2, -0.15) is 8.42 Å². The van der Waals surface area contributed by atoms with Gasteiger partial charge in [-0.3, -0.25) is 9.35 Å². The molecule has 134 valence electrons. The molecular formula is C14H22N4O5S. The highest BCUT2D eigenvalue weighted by molar-refractivity contribution is 7.85. The summed E-state index contributed by atoms with van der Waals surface area (Å²) in [5, 5.41) is 5.40. The van der Waals surface area contributed by atoms with Gasteiger partial charge in [0, 0.05) is 12.2 Å². The number of anilines is 1. The fourth-order valence-electron chi connectivity index (χ4n) is 2.07. The minimum absolute atomic E-state index is 0.151. The van der Waals surface area contributed by atoms with Crippen molar-refractivity contribution in [1.82, 2.24) is 5.32 Å². The molecule has 0 aliphatic heterocycles. The number of urea groups is 1. The van der Waals surface area contributed by atoms with Gasteiger partial charge in [0.2, 0.25) is 5.91 Å². The highest BCUT2D eigenvalue weighted by atomic mass is 32.2. The van der Waals surface area contributed by atoms with Crippen LogP contribution in [0.2, 0.25) is 0 Å². The Morgan fingerprint density at radius 1 is 1.25 bits per heavy atom. The molecular weight excluding hydrogens is 336 g/mol. The molecule has 0 radical (unpaired) electrons. The van der Waals surface area contributed by atoms with E-state index in [4.69, 9.17) is 16.0 Å². The van der Waals surface area contributed by atoms with Crippen molar-refractivity contribution < 1.29 is 22.6 Å². The first kappa shape index (κ1) is 19.7. The molecule has 0 aliphatic rings. The standard InChI is InChI=1S/C14H22N4O5S/c15-13(19)12(5-2-7-17-14(16)20)18-11-4-1-3-10(9-11)6-8-24(21,22)23/h1,3-4,9,12,18H,2,5-8H2,(H2,15,19)(H3,16,17,20)(H,21,22,23)/t12-/m0/s1. The second-order valence-corrected chi connectivity index (χ2v) is 6.84. The summed E-state index contributed by atoms with van der Waals surface area (Å²) in [6, 6.07) is 5.54. The molecule has 1 atom stereocenters. The van der Waals surface area contributed by atoms with Crippen LogP contribution >= 0.6 is 0 Å². The lowest BCUT2D eigenvalue weighted by Crippen LogP contribution is -2.37. The molecule has 24 heavy (non-hydrogen) atoms. The van der Waals surface area contributed by atoms with E-state index in [0.29, 0.717) is 30.6 Å². The molecule has 0 heterocycles. The minimum atomic E-state index is -4.03. The molecule has 0 spiro atoms. The number of amides is 3. The number of carbonyl (C=O) groups is 2. The van der Waals surface area contributed by atoms with Crippen molar-refractivity contribution in [1.29, 1.82) is 0 Å². The molecule has 0 unspecified atom stereocenters. The quantitative estimate of drug-likeness (QED) is 0.288. The molecule has 9 nitrogen and oxygen atoms in total. The number of carbonyl (C=O) groups excluding carboxylic acids is 2. The normalized spacial score (nSPS) is 12.4. The lowest BCUT2D eigenvalue weighted by Gasteiger charge is -2.17. The van der Waals surface area contributed by atoms with E-state index in [9.17, 15) is 18.0 Å². The molecule has 0 bridgehead atoms. The van der Waals surface area contributed by atoms with Gasteiger partial charge < -0.3 is 22.1 Å². The summed E-state index contributed by atoms with van der Waals surface area (Å²) in [6.45, 7) is 0.329. The highest BCUT2D eigenvalue weighted by Crippen LogP contribution is 2.14. The van der Waals surface area contributed by atoms with Crippen molar-refractivity contribution in [3.05, 3.63) is 29.8 Å². The van der Waals surface area contributed by atoms with Gasteiger partial charge in [-0.15, -0.1) is 0 Å². The van der Waals surface area contributed by atoms with Crippen LogP contribution in [0.4, 0.5) is 10.5 Å². The number of rotatable bonds is 10. The number of primary amides is 2. The van der Waals surface area contributed by atoms with Gasteiger partial charge in [0.15, 0.2) is 0 Å². The largest absolute Gasteiger partial charge is 0.374 e. The molecule has 1 rings (SSSR count). The van der Waals surface area contributed by atoms with E-state index in [-0.39, 0.29) is 12.2 Å². The van der Waals surface area contributed by atoms with Crippen LogP contribution in [0.1, 0.15) is 18.4 Å². The molecule has 10 heteroatoms. The van der Waals surface area contributed by atoms with Crippen LogP contribution in [0.3, 0.4) is 0 Å². The van der Waals surface area contributed by atoms with Gasteiger partial charge in [0.05, 0.1) is 5.75 Å². The molecule has 0 saturated heterocycles. The van der Waals surface area contributed by atoms with Gasteiger partial charge in [-0.25, -0.2) is 4.79 Å². The monoisotopic (exact) mass is 358 g/mol. The summed E-state index contributed by atoms with van der Waals surface area (Å²) >= 11 is 0. The lowest BCUT2D eigenvalue weighted by atomic mass is 10.1. The fraction of sp³-hybridized carbons (Fsp3) is 0.429. The van der Waals surface area contributed by atoms with Crippen LogP contribution in [0.5, 0.6) is 0 Å². The van der Waals surface area contributed by atoms with Gasteiger partial charge in [0.25, 0.3) is 10.1 Å². The maximum atomic E-state index is 11.5. The first-order valence-electron chi connectivity index (χ1n) is 7.30. The summed E-state index contributed by atoms with van der Waals surface area (Å²) in [5.74, 6) is -0.925. The second kappa shape index (κ2) is 9.08. The Bertz CT molecular complexity index is 677. The van der Waals surface area contributed by atoms with E-state index >= 15 is 0 Å². The van der Waals surface area contributed by atoms with Crippen molar-refractivity contribution in [3.63, 3.8) is 0 Å². The van der Waals surface area contributed by atoms with Crippen molar-refractivity contribution in [2.75, 3.05) is 17.6 Å². The summed E-state index contributed by atoms with van der Waals surface area (Å²) < 4.78 is 30.4. The number of nitrogens with two attached hydrogens (primary N) is 2. The van der Waals surface area contributed by atoms with Crippen molar-refractivity contribution in [2.24, 2.45) is 11.5 Å². The number of benzene rings is 1. The van der Waals surface area contributed by atoms with Crippen LogP contribution < -0.4 is 22.1 Å². The first-order chi connectivity index (χ1) is 11.2. The average molecular weight is 358 g/mol. The second-order valence-electron chi connectivity index (χ2n) is 5.27. The zero-order valence-electron chi connectivity index (χ0n) is 13.1. The van der Waals surface area contributed by atoms with Gasteiger partial charge in [0.1, 0.15) is 6.04 Å². The van der Waals surface area contributed by atoms with E-state index in [1.165, 1.54) is 0 Å². The number of nitrogens with one attached hydrogen (secondary N) is 2. The smallest absolute Gasteiger partial charge is 0.312 e. The van der Waals surface area contributed by atoms with Crippen LogP contribution in [-0.2, 0) is 21.3 Å². The van der Waals surface area contributed by atoms with Crippen LogP contribution in [-0.4, -0.2) is 43.2 Å². The van der Waals surface area contributed by atoms with Gasteiger partial charge >= 0.3 is 6.03 Å². The van der Waals surface area contributed by atoms with E-state index in [1.54, 1.807) is 24.3 Å². The van der Waals surface area contributed by atoms with Crippen LogP contribution in [0.25, 0.3) is 0 Å². The zero-order chi connectivity index (χ0) is 18.2. The van der Waals surface area contributed by atoms with Crippen molar-refractivity contribution in [3.8, 4) is 0 Å². The maximum Gasteiger partial charge on any atom is 0.312 e. The van der Waals surface area contributed by atoms with Crippen molar-refractivity contribution in [2.45, 2.75) is 25.3 Å². The van der Waals surface area contributed by atoms with Crippen molar-refractivity contribution >= 4 is 27.7 Å². The summed E-state index contributed by atoms with van der Waals surface area (Å²) in [7, 11) is -4.03. The van der Waals surface area contributed by atoms with E-state index in [2.05, 4.69) is 10.6 Å².